The first-order valence-electron chi connectivity index (χ1n) is 8.69. The highest BCUT2D eigenvalue weighted by Crippen LogP contribution is 2.31. The number of piperidine rings is 1. The van der Waals surface area contributed by atoms with Crippen molar-refractivity contribution < 1.29 is 22.6 Å². The zero-order chi connectivity index (χ0) is 21.0. The first-order valence-corrected chi connectivity index (χ1v) is 10.1. The molecule has 3 N–H and O–H groups in total. The molecule has 0 radical (unpaired) electrons. The van der Waals surface area contributed by atoms with E-state index in [4.69, 9.17) is 10.2 Å². The largest absolute Gasteiger partial charge is 0.463 e. The van der Waals surface area contributed by atoms with Gasteiger partial charge in [-0.25, -0.2) is 8.42 Å². The molecule has 3 rings (SSSR count). The Balaban J connectivity index is 1.89. The van der Waals surface area contributed by atoms with Gasteiger partial charge in [0.25, 0.3) is 5.69 Å². The van der Waals surface area contributed by atoms with Crippen molar-refractivity contribution in [3.05, 3.63) is 52.5 Å². The van der Waals surface area contributed by atoms with Gasteiger partial charge in [0.1, 0.15) is 10.7 Å². The molecule has 1 aliphatic rings. The fraction of sp³-hybridized carbons (Fsp3) is 0.294. The summed E-state index contributed by atoms with van der Waals surface area (Å²) in [5, 5.41) is 15.1. The number of benzene rings is 1. The maximum absolute atomic E-state index is 13.1. The van der Waals surface area contributed by atoms with Gasteiger partial charge in [-0.2, -0.15) is 9.41 Å². The van der Waals surface area contributed by atoms with Gasteiger partial charge in [0.05, 0.1) is 23.1 Å². The molecule has 1 saturated heterocycles. The minimum Gasteiger partial charge on any atom is -0.463 e. The third-order valence-corrected chi connectivity index (χ3v) is 6.51. The number of nitrogens with two attached hydrogens (primary N) is 1. The molecule has 1 aliphatic heterocycles. The lowest BCUT2D eigenvalue weighted by Crippen LogP contribution is -2.41. The summed E-state index contributed by atoms with van der Waals surface area (Å²) >= 11 is 0. The number of nitro benzene ring substituents is 1. The fourth-order valence-corrected chi connectivity index (χ4v) is 4.61. The summed E-state index contributed by atoms with van der Waals surface area (Å²) in [7, 11) is -4.07. The highest BCUT2D eigenvalue weighted by molar-refractivity contribution is 7.89. The van der Waals surface area contributed by atoms with Crippen LogP contribution in [0.15, 0.2) is 51.0 Å². The number of sulfonamides is 1. The minimum atomic E-state index is -4.07. The zero-order valence-corrected chi connectivity index (χ0v) is 16.0. The van der Waals surface area contributed by atoms with Crippen molar-refractivity contribution in [2.24, 2.45) is 16.8 Å². The molecule has 0 saturated carbocycles. The van der Waals surface area contributed by atoms with Crippen molar-refractivity contribution in [1.29, 1.82) is 0 Å². The number of hydrazone groups is 1. The summed E-state index contributed by atoms with van der Waals surface area (Å²) in [6.45, 7) is 0.182. The number of nitrogens with zero attached hydrogens (tertiary/aromatic N) is 3. The van der Waals surface area contributed by atoms with Crippen LogP contribution in [0, 0.1) is 16.0 Å². The highest BCUT2D eigenvalue weighted by atomic mass is 32.2. The van der Waals surface area contributed by atoms with Crippen LogP contribution in [0.4, 0.5) is 11.4 Å². The molecular weight excluding hydrogens is 402 g/mol. The van der Waals surface area contributed by atoms with Gasteiger partial charge in [-0.3, -0.25) is 20.3 Å². The number of furan rings is 1. The number of nitrogens with one attached hydrogen (secondary N) is 1. The number of carbonyl (C=O) groups is 1. The van der Waals surface area contributed by atoms with E-state index in [0.717, 1.165) is 6.07 Å². The molecule has 0 unspecified atom stereocenters. The molecule has 1 amide bonds. The average Bonchev–Trinajstić information content (AvgIpc) is 3.21. The van der Waals surface area contributed by atoms with Gasteiger partial charge < -0.3 is 10.2 Å². The second-order valence-corrected chi connectivity index (χ2v) is 8.31. The van der Waals surface area contributed by atoms with Gasteiger partial charge in [-0.1, -0.05) is 0 Å². The van der Waals surface area contributed by atoms with Crippen LogP contribution >= 0.6 is 0 Å². The van der Waals surface area contributed by atoms with Gasteiger partial charge in [0.15, 0.2) is 0 Å². The molecule has 29 heavy (non-hydrogen) atoms. The van der Waals surface area contributed by atoms with Gasteiger partial charge in [0, 0.05) is 31.1 Å². The maximum atomic E-state index is 13.1. The van der Waals surface area contributed by atoms with E-state index in [1.165, 1.54) is 28.9 Å². The summed E-state index contributed by atoms with van der Waals surface area (Å²) in [6, 6.07) is 6.77. The van der Waals surface area contributed by atoms with Crippen molar-refractivity contribution in [3.63, 3.8) is 0 Å². The van der Waals surface area contributed by atoms with Crippen molar-refractivity contribution in [3.8, 4) is 0 Å². The Labute approximate surface area is 166 Å². The van der Waals surface area contributed by atoms with Crippen molar-refractivity contribution in [2.75, 3.05) is 18.5 Å². The van der Waals surface area contributed by atoms with Crippen molar-refractivity contribution >= 4 is 33.5 Å². The second-order valence-electron chi connectivity index (χ2n) is 6.40. The number of carbonyl (C=O) groups excluding carboxylic acids is 1. The number of nitro groups is 1. The van der Waals surface area contributed by atoms with Crippen LogP contribution in [-0.2, 0) is 14.8 Å². The average molecular weight is 421 g/mol. The van der Waals surface area contributed by atoms with Crippen molar-refractivity contribution in [2.45, 2.75) is 17.7 Å². The van der Waals surface area contributed by atoms with Gasteiger partial charge in [-0.15, -0.1) is 0 Å². The Kier molecular flexibility index (Phi) is 5.94. The predicted octanol–water partition coefficient (Wildman–Crippen LogP) is 1.52. The van der Waals surface area contributed by atoms with E-state index < -0.39 is 20.9 Å². The molecule has 154 valence electrons. The van der Waals surface area contributed by atoms with Gasteiger partial charge >= 0.3 is 0 Å². The van der Waals surface area contributed by atoms with Crippen LogP contribution in [0.5, 0.6) is 0 Å². The molecule has 1 fully saturated rings. The molecule has 11 nitrogen and oxygen atoms in total. The van der Waals surface area contributed by atoms with E-state index in [9.17, 15) is 23.3 Å². The Morgan fingerprint density at radius 3 is 2.66 bits per heavy atom. The molecule has 1 aromatic heterocycles. The fourth-order valence-electron chi connectivity index (χ4n) is 2.98. The summed E-state index contributed by atoms with van der Waals surface area (Å²) < 4.78 is 32.5. The van der Waals surface area contributed by atoms with Gasteiger partial charge in [-0.05, 0) is 31.0 Å². The van der Waals surface area contributed by atoms with E-state index in [0.29, 0.717) is 18.6 Å². The maximum Gasteiger partial charge on any atom is 0.270 e. The second kappa shape index (κ2) is 8.41. The Bertz CT molecular complexity index is 1030. The number of hydrogen-bond acceptors (Lipinski definition) is 8. The number of amides is 1. The smallest absolute Gasteiger partial charge is 0.270 e. The van der Waals surface area contributed by atoms with Gasteiger partial charge in [0.2, 0.25) is 15.9 Å². The molecule has 2 heterocycles. The van der Waals surface area contributed by atoms with Crippen LogP contribution in [0.1, 0.15) is 18.6 Å². The van der Waals surface area contributed by atoms with Crippen LogP contribution in [0.2, 0.25) is 0 Å². The van der Waals surface area contributed by atoms with E-state index in [1.807, 2.05) is 0 Å². The van der Waals surface area contributed by atoms with Crippen LogP contribution in [-0.4, -0.2) is 42.9 Å². The topological polar surface area (TPSA) is 161 Å². The quantitative estimate of drug-likeness (QED) is 0.389. The third-order valence-electron chi connectivity index (χ3n) is 4.57. The summed E-state index contributed by atoms with van der Waals surface area (Å²) in [4.78, 5) is 21.5. The number of anilines is 1. The molecule has 12 heteroatoms. The number of hydrogen-bond donors (Lipinski definition) is 2. The lowest BCUT2D eigenvalue weighted by molar-refractivity contribution is -0.385. The SMILES string of the molecule is NC(=O)C1CCN(S(=O)(=O)c2cc([N+](=O)[O-])ccc2N/N=C\c2ccco2)CC1. The summed E-state index contributed by atoms with van der Waals surface area (Å²) in [6.07, 6.45) is 3.39. The Morgan fingerprint density at radius 2 is 2.07 bits per heavy atom. The lowest BCUT2D eigenvalue weighted by Gasteiger charge is -2.30. The standard InChI is InChI=1S/C17H19N5O6S/c18-17(23)12-5-7-21(8-6-12)29(26,27)16-10-13(22(24)25)3-4-15(16)20-19-11-14-2-1-9-28-14/h1-4,9-12,20H,5-8H2,(H2,18,23)/b19-11-. The van der Waals surface area contributed by atoms with E-state index in [-0.39, 0.29) is 35.3 Å². The van der Waals surface area contributed by atoms with Crippen LogP contribution in [0.25, 0.3) is 0 Å². The van der Waals surface area contributed by atoms with Crippen LogP contribution < -0.4 is 11.2 Å². The normalized spacial score (nSPS) is 16.1. The lowest BCUT2D eigenvalue weighted by atomic mass is 9.98. The molecule has 1 aromatic carbocycles. The number of rotatable bonds is 7. The molecule has 0 aliphatic carbocycles. The van der Waals surface area contributed by atoms with E-state index in [2.05, 4.69) is 10.5 Å². The highest BCUT2D eigenvalue weighted by Gasteiger charge is 2.33. The minimum absolute atomic E-state index is 0.0791. The van der Waals surface area contributed by atoms with Crippen molar-refractivity contribution in [1.82, 2.24) is 4.31 Å². The molecule has 0 bridgehead atoms. The number of non-ortho nitro benzene ring substituents is 1. The number of primary amides is 1. The molecule has 0 atom stereocenters. The Hall–Kier alpha value is -3.25. The molecule has 2 aromatic rings. The molecular formula is C17H19N5O6S. The monoisotopic (exact) mass is 421 g/mol. The van der Waals surface area contributed by atoms with Crippen LogP contribution in [0.3, 0.4) is 0 Å². The first kappa shape index (κ1) is 20.5. The summed E-state index contributed by atoms with van der Waals surface area (Å²) in [5.41, 5.74) is 7.60. The third kappa shape index (κ3) is 4.60. The predicted molar refractivity (Wildman–Crippen MR) is 104 cm³/mol. The van der Waals surface area contributed by atoms with E-state index >= 15 is 0 Å². The zero-order valence-electron chi connectivity index (χ0n) is 15.2. The molecule has 0 spiro atoms. The summed E-state index contributed by atoms with van der Waals surface area (Å²) in [5.74, 6) is -0.411. The van der Waals surface area contributed by atoms with E-state index in [1.54, 1.807) is 12.1 Å². The Morgan fingerprint density at radius 1 is 1.34 bits per heavy atom. The first-order chi connectivity index (χ1) is 13.8.